The van der Waals surface area contributed by atoms with Crippen LogP contribution in [0.4, 0.5) is 5.69 Å². The number of anilines is 1. The Balaban J connectivity index is 2.04. The largest absolute Gasteiger partial charge is 0.493 e. The highest BCUT2D eigenvalue weighted by molar-refractivity contribution is 6.31. The van der Waals surface area contributed by atoms with E-state index in [1.54, 1.807) is 28.8 Å². The summed E-state index contributed by atoms with van der Waals surface area (Å²) >= 11 is 5.97. The average molecular weight is 347 g/mol. The summed E-state index contributed by atoms with van der Waals surface area (Å²) in [5.74, 6) is 0.0570. The monoisotopic (exact) mass is 346 g/mol. The summed E-state index contributed by atoms with van der Waals surface area (Å²) in [6.07, 6.45) is 2.58. The molecule has 3 rings (SSSR count). The summed E-state index contributed by atoms with van der Waals surface area (Å²) in [6.45, 7) is 2.86. The molecule has 1 aromatic heterocycles. The Hall–Kier alpha value is -2.27. The maximum absolute atomic E-state index is 12.9. The second-order valence-corrected chi connectivity index (χ2v) is 6.11. The zero-order chi connectivity index (χ0) is 17.1. The summed E-state index contributed by atoms with van der Waals surface area (Å²) < 4.78 is 7.25. The maximum atomic E-state index is 12.9. The van der Waals surface area contributed by atoms with Crippen LogP contribution in [0.25, 0.3) is 0 Å². The van der Waals surface area contributed by atoms with Crippen LogP contribution in [-0.4, -0.2) is 17.1 Å². The van der Waals surface area contributed by atoms with E-state index in [-0.39, 0.29) is 11.5 Å². The minimum Gasteiger partial charge on any atom is -0.493 e. The molecule has 6 heteroatoms. The van der Waals surface area contributed by atoms with Gasteiger partial charge in [0.2, 0.25) is 0 Å². The first-order valence-corrected chi connectivity index (χ1v) is 8.44. The van der Waals surface area contributed by atoms with Crippen molar-refractivity contribution in [3.8, 4) is 5.75 Å². The number of hydrogen-bond donors (Lipinski definition) is 1. The van der Waals surface area contributed by atoms with Crippen molar-refractivity contribution < 1.29 is 9.53 Å². The van der Waals surface area contributed by atoms with Crippen molar-refractivity contribution in [2.45, 2.75) is 32.7 Å². The maximum Gasteiger partial charge on any atom is 0.261 e. The van der Waals surface area contributed by atoms with E-state index in [9.17, 15) is 9.59 Å². The van der Waals surface area contributed by atoms with E-state index in [4.69, 9.17) is 16.3 Å². The van der Waals surface area contributed by atoms with Gasteiger partial charge < -0.3 is 14.6 Å². The van der Waals surface area contributed by atoms with Crippen molar-refractivity contribution in [3.63, 3.8) is 0 Å². The van der Waals surface area contributed by atoms with Gasteiger partial charge in [-0.3, -0.25) is 9.59 Å². The first-order chi connectivity index (χ1) is 11.6. The van der Waals surface area contributed by atoms with Gasteiger partial charge in [0.15, 0.2) is 0 Å². The molecule has 1 aliphatic heterocycles. The number of hydrogen-bond acceptors (Lipinski definition) is 3. The average Bonchev–Trinajstić information content (AvgIpc) is 2.55. The molecule has 2 aromatic rings. The van der Waals surface area contributed by atoms with Gasteiger partial charge in [-0.25, -0.2) is 0 Å². The normalized spacial score (nSPS) is 13.2. The third-order valence-corrected chi connectivity index (χ3v) is 4.27. The van der Waals surface area contributed by atoms with E-state index in [1.807, 2.05) is 6.92 Å². The number of nitrogens with one attached hydrogen (secondary N) is 1. The number of amides is 1. The highest BCUT2D eigenvalue weighted by atomic mass is 35.5. The van der Waals surface area contributed by atoms with Crippen LogP contribution < -0.4 is 15.6 Å². The molecule has 1 N–H and O–H groups in total. The molecule has 1 aliphatic rings. The van der Waals surface area contributed by atoms with Crippen molar-refractivity contribution in [1.29, 1.82) is 0 Å². The van der Waals surface area contributed by atoms with Gasteiger partial charge in [0, 0.05) is 29.0 Å². The minimum absolute atomic E-state index is 0.118. The predicted molar refractivity (Wildman–Crippen MR) is 94.2 cm³/mol. The molecule has 0 bridgehead atoms. The molecule has 0 radical (unpaired) electrons. The fourth-order valence-electron chi connectivity index (χ4n) is 3.01. The SMILES string of the molecule is CCOc1cc(=O)n2c(c1C(=O)Nc1cccc(Cl)c1)CCCC2. The quantitative estimate of drug-likeness (QED) is 0.921. The Morgan fingerprint density at radius 1 is 1.33 bits per heavy atom. The van der Waals surface area contributed by atoms with Crippen LogP contribution in [0, 0.1) is 0 Å². The minimum atomic E-state index is -0.286. The molecule has 0 aliphatic carbocycles. The number of aromatic nitrogens is 1. The smallest absolute Gasteiger partial charge is 0.261 e. The molecule has 1 aromatic carbocycles. The fourth-order valence-corrected chi connectivity index (χ4v) is 3.20. The molecule has 24 heavy (non-hydrogen) atoms. The Labute approximate surface area is 145 Å². The lowest BCUT2D eigenvalue weighted by Gasteiger charge is -2.23. The van der Waals surface area contributed by atoms with E-state index in [0.29, 0.717) is 41.6 Å². The Bertz CT molecular complexity index is 829. The van der Waals surface area contributed by atoms with Crippen molar-refractivity contribution in [3.05, 3.63) is 57.0 Å². The predicted octanol–water partition coefficient (Wildman–Crippen LogP) is 3.49. The van der Waals surface area contributed by atoms with E-state index in [2.05, 4.69) is 5.32 Å². The van der Waals surface area contributed by atoms with Gasteiger partial charge in [0.25, 0.3) is 11.5 Å². The second kappa shape index (κ2) is 7.09. The number of nitrogens with zero attached hydrogens (tertiary/aromatic N) is 1. The Morgan fingerprint density at radius 3 is 2.92 bits per heavy atom. The first kappa shape index (κ1) is 16.6. The van der Waals surface area contributed by atoms with Gasteiger partial charge in [0.1, 0.15) is 11.3 Å². The number of halogens is 1. The van der Waals surface area contributed by atoms with E-state index < -0.39 is 0 Å². The van der Waals surface area contributed by atoms with E-state index in [0.717, 1.165) is 18.5 Å². The van der Waals surface area contributed by atoms with Crippen molar-refractivity contribution in [1.82, 2.24) is 4.57 Å². The summed E-state index contributed by atoms with van der Waals surface area (Å²) in [5, 5.41) is 3.39. The van der Waals surface area contributed by atoms with Crippen LogP contribution in [0.2, 0.25) is 5.02 Å². The summed E-state index contributed by atoms with van der Waals surface area (Å²) in [7, 11) is 0. The molecule has 0 spiro atoms. The highest BCUT2D eigenvalue weighted by Gasteiger charge is 2.24. The molecule has 126 valence electrons. The van der Waals surface area contributed by atoms with Crippen molar-refractivity contribution in [2.75, 3.05) is 11.9 Å². The topological polar surface area (TPSA) is 60.3 Å². The molecule has 1 amide bonds. The van der Waals surface area contributed by atoms with Gasteiger partial charge in [-0.15, -0.1) is 0 Å². The third-order valence-electron chi connectivity index (χ3n) is 4.04. The standard InChI is InChI=1S/C18H19ClN2O3/c1-2-24-15-11-16(22)21-9-4-3-8-14(21)17(15)18(23)20-13-7-5-6-12(19)10-13/h5-7,10-11H,2-4,8-9H2,1H3,(H,20,23). The zero-order valence-electron chi connectivity index (χ0n) is 13.5. The first-order valence-electron chi connectivity index (χ1n) is 8.06. The van der Waals surface area contributed by atoms with Gasteiger partial charge in [-0.05, 0) is 44.4 Å². The van der Waals surface area contributed by atoms with Crippen molar-refractivity contribution in [2.24, 2.45) is 0 Å². The molecule has 2 heterocycles. The molecule has 0 saturated carbocycles. The summed E-state index contributed by atoms with van der Waals surface area (Å²) in [4.78, 5) is 25.1. The molecule has 5 nitrogen and oxygen atoms in total. The lowest BCUT2D eigenvalue weighted by Crippen LogP contribution is -2.31. The summed E-state index contributed by atoms with van der Waals surface area (Å²) in [5.41, 5.74) is 1.68. The van der Waals surface area contributed by atoms with Crippen LogP contribution in [-0.2, 0) is 13.0 Å². The van der Waals surface area contributed by atoms with E-state index in [1.165, 1.54) is 6.07 Å². The molecular formula is C18H19ClN2O3. The molecule has 0 saturated heterocycles. The van der Waals surface area contributed by atoms with Gasteiger partial charge in [-0.1, -0.05) is 17.7 Å². The molecule has 0 atom stereocenters. The van der Waals surface area contributed by atoms with Crippen LogP contribution in [0.5, 0.6) is 5.75 Å². The number of benzene rings is 1. The number of carbonyl (C=O) groups is 1. The van der Waals surface area contributed by atoms with E-state index >= 15 is 0 Å². The Kier molecular flexibility index (Phi) is 4.90. The lowest BCUT2D eigenvalue weighted by atomic mass is 10.0. The summed E-state index contributed by atoms with van der Waals surface area (Å²) in [6, 6.07) is 8.37. The number of fused-ring (bicyclic) bond motifs is 1. The third kappa shape index (κ3) is 3.31. The van der Waals surface area contributed by atoms with Crippen LogP contribution >= 0.6 is 11.6 Å². The number of pyridine rings is 1. The number of carbonyl (C=O) groups excluding carboxylic acids is 1. The van der Waals surface area contributed by atoms with Gasteiger partial charge >= 0.3 is 0 Å². The van der Waals surface area contributed by atoms with Gasteiger partial charge in [0.05, 0.1) is 6.61 Å². The van der Waals surface area contributed by atoms with Crippen LogP contribution in [0.3, 0.4) is 0 Å². The van der Waals surface area contributed by atoms with Crippen molar-refractivity contribution >= 4 is 23.2 Å². The van der Waals surface area contributed by atoms with Crippen LogP contribution in [0.15, 0.2) is 35.1 Å². The highest BCUT2D eigenvalue weighted by Crippen LogP contribution is 2.26. The lowest BCUT2D eigenvalue weighted by molar-refractivity contribution is 0.102. The van der Waals surface area contributed by atoms with Crippen LogP contribution in [0.1, 0.15) is 35.8 Å². The Morgan fingerprint density at radius 2 is 2.17 bits per heavy atom. The molecular weight excluding hydrogens is 328 g/mol. The number of rotatable bonds is 4. The van der Waals surface area contributed by atoms with Gasteiger partial charge in [-0.2, -0.15) is 0 Å². The fraction of sp³-hybridized carbons (Fsp3) is 0.333. The molecule has 0 fully saturated rings. The zero-order valence-corrected chi connectivity index (χ0v) is 14.2. The molecule has 0 unspecified atom stereocenters. The second-order valence-electron chi connectivity index (χ2n) is 5.67. The number of ether oxygens (including phenoxy) is 1.